The van der Waals surface area contributed by atoms with E-state index in [1.165, 1.54) is 53.7 Å². The first-order chi connectivity index (χ1) is 15.7. The largest absolute Gasteiger partial charge is 0.381 e. The minimum absolute atomic E-state index is 0.150. The smallest absolute Gasteiger partial charge is 0.226 e. The molecule has 3 aliphatic rings. The number of carbonyl (C=O) groups is 1. The Labute approximate surface area is 192 Å². The average molecular weight is 433 g/mol. The van der Waals surface area contributed by atoms with Crippen LogP contribution < -0.4 is 0 Å². The molecule has 3 aliphatic heterocycles. The predicted molar refractivity (Wildman–Crippen MR) is 129 cm³/mol. The highest BCUT2D eigenvalue weighted by Crippen LogP contribution is 2.28. The van der Waals surface area contributed by atoms with E-state index in [-0.39, 0.29) is 5.92 Å². The van der Waals surface area contributed by atoms with Crippen molar-refractivity contribution in [2.75, 3.05) is 32.8 Å². The fraction of sp³-hybridized carbons (Fsp3) is 0.536. The fourth-order valence-electron chi connectivity index (χ4n) is 5.58. The van der Waals surface area contributed by atoms with Gasteiger partial charge in [-0.15, -0.1) is 0 Å². The lowest BCUT2D eigenvalue weighted by Crippen LogP contribution is -2.41. The zero-order valence-corrected chi connectivity index (χ0v) is 19.4. The van der Waals surface area contributed by atoms with Crippen LogP contribution in [-0.2, 0) is 28.9 Å². The van der Waals surface area contributed by atoms with Crippen molar-refractivity contribution in [3.05, 3.63) is 59.2 Å². The molecule has 0 aromatic heterocycles. The maximum atomic E-state index is 12.9. The van der Waals surface area contributed by atoms with Gasteiger partial charge in [0, 0.05) is 44.8 Å². The van der Waals surface area contributed by atoms with Crippen LogP contribution >= 0.6 is 0 Å². The van der Waals surface area contributed by atoms with Crippen LogP contribution in [-0.4, -0.2) is 54.6 Å². The summed E-state index contributed by atoms with van der Waals surface area (Å²) in [5, 5.41) is 0. The molecule has 1 atom stereocenters. The third-order valence-electron chi connectivity index (χ3n) is 7.77. The number of carbonyl (C=O) groups excluding carboxylic acids is 1. The molecule has 2 aromatic rings. The summed E-state index contributed by atoms with van der Waals surface area (Å²) < 4.78 is 5.42. The Balaban J connectivity index is 1.21. The minimum atomic E-state index is 0.150. The fourth-order valence-corrected chi connectivity index (χ4v) is 5.58. The number of fused-ring (bicyclic) bond motifs is 1. The molecule has 2 saturated heterocycles. The van der Waals surface area contributed by atoms with Crippen LogP contribution in [0, 0.1) is 5.92 Å². The Morgan fingerprint density at radius 2 is 1.75 bits per heavy atom. The van der Waals surface area contributed by atoms with Crippen LogP contribution in [0.4, 0.5) is 0 Å². The van der Waals surface area contributed by atoms with Gasteiger partial charge in [0.1, 0.15) is 0 Å². The third kappa shape index (κ3) is 4.77. The summed E-state index contributed by atoms with van der Waals surface area (Å²) in [6.07, 6.45) is 6.51. The molecule has 170 valence electrons. The molecule has 4 heteroatoms. The number of amides is 1. The molecule has 2 fully saturated rings. The summed E-state index contributed by atoms with van der Waals surface area (Å²) in [5.74, 6) is 0.471. The van der Waals surface area contributed by atoms with Gasteiger partial charge in [-0.25, -0.2) is 0 Å². The summed E-state index contributed by atoms with van der Waals surface area (Å²) >= 11 is 0. The van der Waals surface area contributed by atoms with Gasteiger partial charge in [-0.05, 0) is 79.8 Å². The van der Waals surface area contributed by atoms with Crippen LogP contribution in [0.5, 0.6) is 0 Å². The van der Waals surface area contributed by atoms with Crippen molar-refractivity contribution in [1.29, 1.82) is 0 Å². The Kier molecular flexibility index (Phi) is 6.61. The molecule has 4 nitrogen and oxygen atoms in total. The first kappa shape index (κ1) is 21.7. The molecule has 0 aliphatic carbocycles. The molecule has 0 spiro atoms. The maximum Gasteiger partial charge on any atom is 0.226 e. The lowest BCUT2D eigenvalue weighted by atomic mass is 9.92. The minimum Gasteiger partial charge on any atom is -0.381 e. The van der Waals surface area contributed by atoms with Crippen LogP contribution in [0.25, 0.3) is 11.1 Å². The van der Waals surface area contributed by atoms with Crippen molar-refractivity contribution in [2.24, 2.45) is 5.92 Å². The number of nitrogens with zero attached hydrogens (tertiary/aromatic N) is 2. The van der Waals surface area contributed by atoms with Crippen molar-refractivity contribution < 1.29 is 9.53 Å². The summed E-state index contributed by atoms with van der Waals surface area (Å²) in [6, 6.07) is 16.7. The highest BCUT2D eigenvalue weighted by Gasteiger charge is 2.28. The van der Waals surface area contributed by atoms with Crippen molar-refractivity contribution in [3.63, 3.8) is 0 Å². The van der Waals surface area contributed by atoms with Gasteiger partial charge in [0.2, 0.25) is 5.91 Å². The van der Waals surface area contributed by atoms with E-state index < -0.39 is 0 Å². The number of rotatable bonds is 5. The van der Waals surface area contributed by atoms with Gasteiger partial charge < -0.3 is 14.5 Å². The summed E-state index contributed by atoms with van der Waals surface area (Å²) in [6.45, 7) is 7.81. The van der Waals surface area contributed by atoms with E-state index in [0.29, 0.717) is 5.91 Å². The Bertz CT molecular complexity index is 933. The molecule has 0 bridgehead atoms. The normalized spacial score (nSPS) is 22.2. The van der Waals surface area contributed by atoms with Crippen molar-refractivity contribution in [1.82, 2.24) is 9.80 Å². The highest BCUT2D eigenvalue weighted by molar-refractivity contribution is 5.79. The van der Waals surface area contributed by atoms with Gasteiger partial charge in [-0.2, -0.15) is 0 Å². The van der Waals surface area contributed by atoms with E-state index in [2.05, 4.69) is 59.2 Å². The Hall–Kier alpha value is -2.17. The molecule has 2 aromatic carbocycles. The lowest BCUT2D eigenvalue weighted by molar-refractivity contribution is -0.139. The monoisotopic (exact) mass is 432 g/mol. The number of likely N-dealkylation sites (tertiary alicyclic amines) is 1. The predicted octanol–water partition coefficient (Wildman–Crippen LogP) is 4.69. The van der Waals surface area contributed by atoms with E-state index in [9.17, 15) is 4.79 Å². The maximum absolute atomic E-state index is 12.9. The van der Waals surface area contributed by atoms with Gasteiger partial charge in [0.25, 0.3) is 0 Å². The molecule has 1 amide bonds. The Morgan fingerprint density at radius 3 is 2.50 bits per heavy atom. The van der Waals surface area contributed by atoms with Crippen molar-refractivity contribution in [2.45, 2.75) is 58.0 Å². The number of hydrogen-bond donors (Lipinski definition) is 0. The first-order valence-corrected chi connectivity index (χ1v) is 12.5. The van der Waals surface area contributed by atoms with Gasteiger partial charge in [0.05, 0.1) is 0 Å². The topological polar surface area (TPSA) is 32.8 Å². The van der Waals surface area contributed by atoms with E-state index in [0.717, 1.165) is 58.0 Å². The average Bonchev–Trinajstić information content (AvgIpc) is 3.27. The molecular formula is C28H36N2O2. The Morgan fingerprint density at radius 1 is 0.969 bits per heavy atom. The van der Waals surface area contributed by atoms with Crippen LogP contribution in [0.2, 0.25) is 0 Å². The number of ether oxygens (including phenoxy) is 1. The zero-order chi connectivity index (χ0) is 21.9. The second kappa shape index (κ2) is 9.76. The summed E-state index contributed by atoms with van der Waals surface area (Å²) in [4.78, 5) is 17.6. The van der Waals surface area contributed by atoms with Gasteiger partial charge >= 0.3 is 0 Å². The number of hydrogen-bond acceptors (Lipinski definition) is 3. The van der Waals surface area contributed by atoms with Gasteiger partial charge in [-0.1, -0.05) is 42.5 Å². The SMILES string of the molecule is CC1CCCN1CCc1ccc(-c2ccc3c(c2)CCN(C(=O)C2CCOCC2)C3)cc1. The van der Waals surface area contributed by atoms with E-state index in [1.54, 1.807) is 0 Å². The molecule has 0 radical (unpaired) electrons. The number of benzene rings is 2. The van der Waals surface area contributed by atoms with Crippen molar-refractivity contribution >= 4 is 5.91 Å². The van der Waals surface area contributed by atoms with E-state index in [4.69, 9.17) is 4.74 Å². The van der Waals surface area contributed by atoms with Crippen LogP contribution in [0.1, 0.15) is 49.3 Å². The molecule has 1 unspecified atom stereocenters. The first-order valence-electron chi connectivity index (χ1n) is 12.5. The molecule has 32 heavy (non-hydrogen) atoms. The highest BCUT2D eigenvalue weighted by atomic mass is 16.5. The van der Waals surface area contributed by atoms with Gasteiger partial charge in [-0.3, -0.25) is 4.79 Å². The second-order valence-electron chi connectivity index (χ2n) is 9.85. The van der Waals surface area contributed by atoms with E-state index in [1.807, 2.05) is 0 Å². The van der Waals surface area contributed by atoms with Crippen LogP contribution in [0.15, 0.2) is 42.5 Å². The lowest BCUT2D eigenvalue weighted by Gasteiger charge is -2.33. The summed E-state index contributed by atoms with van der Waals surface area (Å²) in [7, 11) is 0. The third-order valence-corrected chi connectivity index (χ3v) is 7.77. The standard InChI is InChI=1S/C28H36N2O2/c1-21-3-2-14-29(21)15-10-22-4-6-23(7-5-22)25-8-9-27-20-30(16-11-26(27)19-25)28(31)24-12-17-32-18-13-24/h4-9,19,21,24H,2-3,10-18,20H2,1H3. The quantitative estimate of drug-likeness (QED) is 0.687. The van der Waals surface area contributed by atoms with Gasteiger partial charge in [0.15, 0.2) is 0 Å². The zero-order valence-electron chi connectivity index (χ0n) is 19.4. The molecular weight excluding hydrogens is 396 g/mol. The van der Waals surface area contributed by atoms with Crippen LogP contribution in [0.3, 0.4) is 0 Å². The molecule has 0 N–H and O–H groups in total. The molecule has 5 rings (SSSR count). The molecule has 0 saturated carbocycles. The second-order valence-corrected chi connectivity index (χ2v) is 9.85. The summed E-state index contributed by atoms with van der Waals surface area (Å²) in [5.41, 5.74) is 6.69. The van der Waals surface area contributed by atoms with E-state index >= 15 is 0 Å². The van der Waals surface area contributed by atoms with Crippen molar-refractivity contribution in [3.8, 4) is 11.1 Å². The molecule has 3 heterocycles.